The van der Waals surface area contributed by atoms with Crippen LogP contribution in [0.3, 0.4) is 0 Å². The Kier molecular flexibility index (Phi) is 4.16. The Morgan fingerprint density at radius 2 is 1.67 bits per heavy atom. The summed E-state index contributed by atoms with van der Waals surface area (Å²) in [6, 6.07) is 12.8. The summed E-state index contributed by atoms with van der Waals surface area (Å²) < 4.78 is 0. The van der Waals surface area contributed by atoms with E-state index in [9.17, 15) is 14.4 Å². The van der Waals surface area contributed by atoms with E-state index in [0.717, 1.165) is 10.5 Å². The lowest BCUT2D eigenvalue weighted by Crippen LogP contribution is -2.24. The van der Waals surface area contributed by atoms with Gasteiger partial charge in [-0.3, -0.25) is 19.3 Å². The zero-order chi connectivity index (χ0) is 17.3. The number of rotatable bonds is 4. The first kappa shape index (κ1) is 15.9. The fourth-order valence-electron chi connectivity index (χ4n) is 2.68. The molecule has 0 saturated carbocycles. The highest BCUT2D eigenvalue weighted by atomic mass is 16.2. The molecule has 3 amide bonds. The van der Waals surface area contributed by atoms with Crippen molar-refractivity contribution in [2.45, 2.75) is 19.8 Å². The van der Waals surface area contributed by atoms with Gasteiger partial charge in [0.2, 0.25) is 5.91 Å². The van der Waals surface area contributed by atoms with E-state index in [2.05, 4.69) is 5.32 Å². The number of aryl methyl sites for hydroxylation is 2. The SMILES string of the molecule is Cc1ccc(CCC(=O)Nc2ccc3c(c2)C(=O)N(C)C3=O)cc1. The van der Waals surface area contributed by atoms with Gasteiger partial charge in [0.1, 0.15) is 0 Å². The minimum Gasteiger partial charge on any atom is -0.326 e. The summed E-state index contributed by atoms with van der Waals surface area (Å²) in [4.78, 5) is 37.0. The molecule has 3 rings (SSSR count). The molecule has 5 heteroatoms. The number of carbonyl (C=O) groups is 3. The molecule has 0 aromatic heterocycles. The van der Waals surface area contributed by atoms with E-state index >= 15 is 0 Å². The van der Waals surface area contributed by atoms with Gasteiger partial charge in [-0.25, -0.2) is 0 Å². The van der Waals surface area contributed by atoms with Crippen LogP contribution in [0.4, 0.5) is 5.69 Å². The molecule has 2 aromatic carbocycles. The van der Waals surface area contributed by atoms with Crippen molar-refractivity contribution >= 4 is 23.4 Å². The van der Waals surface area contributed by atoms with Crippen LogP contribution in [0, 0.1) is 6.92 Å². The Balaban J connectivity index is 1.64. The van der Waals surface area contributed by atoms with Gasteiger partial charge in [0.05, 0.1) is 11.1 Å². The van der Waals surface area contributed by atoms with Gasteiger partial charge < -0.3 is 5.32 Å². The molecular weight excluding hydrogens is 304 g/mol. The summed E-state index contributed by atoms with van der Waals surface area (Å²) in [6.45, 7) is 2.02. The van der Waals surface area contributed by atoms with E-state index in [4.69, 9.17) is 0 Å². The zero-order valence-electron chi connectivity index (χ0n) is 13.6. The Morgan fingerprint density at radius 1 is 1.00 bits per heavy atom. The van der Waals surface area contributed by atoms with E-state index in [1.165, 1.54) is 12.6 Å². The van der Waals surface area contributed by atoms with Gasteiger partial charge in [0.15, 0.2) is 0 Å². The number of amides is 3. The van der Waals surface area contributed by atoms with Crippen LogP contribution in [0.2, 0.25) is 0 Å². The fourth-order valence-corrected chi connectivity index (χ4v) is 2.68. The lowest BCUT2D eigenvalue weighted by Gasteiger charge is -2.07. The van der Waals surface area contributed by atoms with Crippen molar-refractivity contribution in [2.24, 2.45) is 0 Å². The minimum atomic E-state index is -0.342. The highest BCUT2D eigenvalue weighted by Crippen LogP contribution is 2.24. The van der Waals surface area contributed by atoms with Crippen molar-refractivity contribution in [1.82, 2.24) is 4.90 Å². The first-order chi connectivity index (χ1) is 11.5. The predicted molar refractivity (Wildman–Crippen MR) is 91.0 cm³/mol. The van der Waals surface area contributed by atoms with E-state index in [0.29, 0.717) is 29.7 Å². The van der Waals surface area contributed by atoms with Gasteiger partial charge in [-0.05, 0) is 37.1 Å². The Morgan fingerprint density at radius 3 is 2.38 bits per heavy atom. The first-order valence-electron chi connectivity index (χ1n) is 7.77. The van der Waals surface area contributed by atoms with Crippen LogP contribution < -0.4 is 5.32 Å². The van der Waals surface area contributed by atoms with Crippen LogP contribution in [0.25, 0.3) is 0 Å². The van der Waals surface area contributed by atoms with Gasteiger partial charge in [-0.2, -0.15) is 0 Å². The van der Waals surface area contributed by atoms with Crippen LogP contribution in [-0.4, -0.2) is 29.7 Å². The molecule has 1 aliphatic heterocycles. The quantitative estimate of drug-likeness (QED) is 0.880. The minimum absolute atomic E-state index is 0.124. The van der Waals surface area contributed by atoms with Gasteiger partial charge in [-0.15, -0.1) is 0 Å². The fraction of sp³-hybridized carbons (Fsp3) is 0.211. The van der Waals surface area contributed by atoms with E-state index in [-0.39, 0.29) is 17.7 Å². The number of imide groups is 1. The Labute approximate surface area is 140 Å². The van der Waals surface area contributed by atoms with E-state index < -0.39 is 0 Å². The summed E-state index contributed by atoms with van der Waals surface area (Å²) in [6.07, 6.45) is 1.00. The number of benzene rings is 2. The number of hydrogen-bond acceptors (Lipinski definition) is 3. The third kappa shape index (κ3) is 3.06. The number of fused-ring (bicyclic) bond motifs is 1. The molecule has 0 atom stereocenters. The normalized spacial score (nSPS) is 13.2. The van der Waals surface area contributed by atoms with Crippen LogP contribution in [-0.2, 0) is 11.2 Å². The maximum Gasteiger partial charge on any atom is 0.261 e. The molecule has 0 saturated heterocycles. The summed E-state index contributed by atoms with van der Waals surface area (Å²) in [5.41, 5.74) is 3.52. The maximum absolute atomic E-state index is 12.1. The molecule has 0 fully saturated rings. The molecule has 0 bridgehead atoms. The second kappa shape index (κ2) is 6.28. The monoisotopic (exact) mass is 322 g/mol. The number of nitrogens with one attached hydrogen (secondary N) is 1. The van der Waals surface area contributed by atoms with Crippen LogP contribution in [0.15, 0.2) is 42.5 Å². The maximum atomic E-state index is 12.1. The number of nitrogens with zero attached hydrogens (tertiary/aromatic N) is 1. The van der Waals surface area contributed by atoms with Crippen molar-refractivity contribution in [1.29, 1.82) is 0 Å². The molecule has 122 valence electrons. The number of carbonyl (C=O) groups excluding carboxylic acids is 3. The summed E-state index contributed by atoms with van der Waals surface area (Å²) in [5.74, 6) is -0.779. The molecule has 1 heterocycles. The molecule has 0 aliphatic carbocycles. The smallest absolute Gasteiger partial charge is 0.261 e. The summed E-state index contributed by atoms with van der Waals surface area (Å²) >= 11 is 0. The van der Waals surface area contributed by atoms with E-state index in [1.54, 1.807) is 18.2 Å². The van der Waals surface area contributed by atoms with Crippen LogP contribution in [0.1, 0.15) is 38.3 Å². The van der Waals surface area contributed by atoms with Gasteiger partial charge in [0.25, 0.3) is 11.8 Å². The van der Waals surface area contributed by atoms with Gasteiger partial charge in [-0.1, -0.05) is 29.8 Å². The second-order valence-electron chi connectivity index (χ2n) is 5.96. The van der Waals surface area contributed by atoms with Crippen molar-refractivity contribution in [2.75, 3.05) is 12.4 Å². The third-order valence-corrected chi connectivity index (χ3v) is 4.13. The molecule has 1 N–H and O–H groups in total. The largest absolute Gasteiger partial charge is 0.326 e. The van der Waals surface area contributed by atoms with Crippen molar-refractivity contribution in [3.8, 4) is 0 Å². The van der Waals surface area contributed by atoms with Crippen molar-refractivity contribution in [3.63, 3.8) is 0 Å². The van der Waals surface area contributed by atoms with Crippen molar-refractivity contribution < 1.29 is 14.4 Å². The molecule has 1 aliphatic rings. The standard InChI is InChI=1S/C19H18N2O3/c1-12-3-5-13(6-4-12)7-10-17(22)20-14-8-9-15-16(11-14)19(24)21(2)18(15)23/h3-6,8-9,11H,7,10H2,1-2H3,(H,20,22). The molecule has 2 aromatic rings. The second-order valence-corrected chi connectivity index (χ2v) is 5.96. The molecular formula is C19H18N2O3. The highest BCUT2D eigenvalue weighted by molar-refractivity contribution is 6.21. The lowest BCUT2D eigenvalue weighted by atomic mass is 10.1. The van der Waals surface area contributed by atoms with Gasteiger partial charge >= 0.3 is 0 Å². The zero-order valence-corrected chi connectivity index (χ0v) is 13.6. The predicted octanol–water partition coefficient (Wildman–Crippen LogP) is 2.79. The Hall–Kier alpha value is -2.95. The molecule has 24 heavy (non-hydrogen) atoms. The topological polar surface area (TPSA) is 66.5 Å². The van der Waals surface area contributed by atoms with E-state index in [1.807, 2.05) is 31.2 Å². The van der Waals surface area contributed by atoms with Crippen LogP contribution in [0.5, 0.6) is 0 Å². The third-order valence-electron chi connectivity index (χ3n) is 4.13. The lowest BCUT2D eigenvalue weighted by molar-refractivity contribution is -0.116. The molecule has 0 radical (unpaired) electrons. The summed E-state index contributed by atoms with van der Waals surface area (Å²) in [5, 5.41) is 2.78. The van der Waals surface area contributed by atoms with Crippen LogP contribution >= 0.6 is 0 Å². The highest BCUT2D eigenvalue weighted by Gasteiger charge is 2.32. The number of hydrogen-bond donors (Lipinski definition) is 1. The number of anilines is 1. The average molecular weight is 322 g/mol. The average Bonchev–Trinajstić information content (AvgIpc) is 2.79. The molecule has 5 nitrogen and oxygen atoms in total. The summed E-state index contributed by atoms with van der Waals surface area (Å²) in [7, 11) is 1.45. The Bertz CT molecular complexity index is 825. The molecule has 0 spiro atoms. The molecule has 0 unspecified atom stereocenters. The van der Waals surface area contributed by atoms with Crippen molar-refractivity contribution in [3.05, 3.63) is 64.7 Å². The van der Waals surface area contributed by atoms with Gasteiger partial charge in [0, 0.05) is 19.2 Å². The first-order valence-corrected chi connectivity index (χ1v) is 7.77.